The molecule has 2 fully saturated rings. The minimum Gasteiger partial charge on any atom is -0.377 e. The fourth-order valence-electron chi connectivity index (χ4n) is 4.06. The molecule has 24 heavy (non-hydrogen) atoms. The fourth-order valence-corrected chi connectivity index (χ4v) is 4.06. The lowest BCUT2D eigenvalue weighted by Gasteiger charge is -2.38. The van der Waals surface area contributed by atoms with E-state index >= 15 is 0 Å². The number of likely N-dealkylation sites (tertiary alicyclic amines) is 1. The Kier molecular flexibility index (Phi) is 4.58. The Morgan fingerprint density at radius 3 is 2.79 bits per heavy atom. The van der Waals surface area contributed by atoms with Crippen molar-refractivity contribution in [3.8, 4) is 0 Å². The number of hydrogen-bond donors (Lipinski definition) is 0. The molecule has 0 radical (unpaired) electrons. The van der Waals surface area contributed by atoms with Crippen LogP contribution in [0.15, 0.2) is 48.9 Å². The van der Waals surface area contributed by atoms with Crippen LogP contribution in [0.2, 0.25) is 0 Å². The van der Waals surface area contributed by atoms with Gasteiger partial charge in [0.2, 0.25) is 0 Å². The molecule has 126 valence electrons. The maximum absolute atomic E-state index is 6.15. The maximum atomic E-state index is 6.15. The molecule has 1 spiro atoms. The lowest BCUT2D eigenvalue weighted by Crippen LogP contribution is -2.40. The van der Waals surface area contributed by atoms with Crippen LogP contribution < -0.4 is 0 Å². The highest BCUT2D eigenvalue weighted by Crippen LogP contribution is 2.42. The van der Waals surface area contributed by atoms with Gasteiger partial charge in [-0.3, -0.25) is 14.9 Å². The molecule has 4 heteroatoms. The molecule has 0 amide bonds. The minimum absolute atomic E-state index is 0.358. The van der Waals surface area contributed by atoms with E-state index in [1.54, 1.807) is 0 Å². The number of piperidine rings is 1. The van der Waals surface area contributed by atoms with Gasteiger partial charge >= 0.3 is 0 Å². The van der Waals surface area contributed by atoms with Crippen molar-refractivity contribution in [3.05, 3.63) is 60.2 Å². The van der Waals surface area contributed by atoms with Crippen LogP contribution in [0, 0.1) is 5.41 Å². The van der Waals surface area contributed by atoms with Crippen molar-refractivity contribution in [1.82, 2.24) is 14.9 Å². The predicted molar refractivity (Wildman–Crippen MR) is 93.5 cm³/mol. The molecule has 2 aromatic rings. The molecular weight excluding hydrogens is 298 g/mol. The van der Waals surface area contributed by atoms with Crippen LogP contribution in [0.5, 0.6) is 0 Å². The van der Waals surface area contributed by atoms with Gasteiger partial charge < -0.3 is 4.74 Å². The Morgan fingerprint density at radius 1 is 1.12 bits per heavy atom. The lowest BCUT2D eigenvalue weighted by atomic mass is 9.76. The topological polar surface area (TPSA) is 38.2 Å². The van der Waals surface area contributed by atoms with E-state index < -0.39 is 0 Å². The van der Waals surface area contributed by atoms with Crippen molar-refractivity contribution in [3.63, 3.8) is 0 Å². The first-order valence-corrected chi connectivity index (χ1v) is 8.94. The third kappa shape index (κ3) is 3.65. The van der Waals surface area contributed by atoms with E-state index in [0.717, 1.165) is 32.7 Å². The number of nitrogens with zero attached hydrogens (tertiary/aromatic N) is 3. The van der Waals surface area contributed by atoms with Crippen LogP contribution in [0.25, 0.3) is 0 Å². The number of rotatable bonds is 4. The van der Waals surface area contributed by atoms with Gasteiger partial charge in [-0.2, -0.15) is 0 Å². The molecule has 0 saturated carbocycles. The molecule has 0 unspecified atom stereocenters. The molecule has 0 aromatic carbocycles. The van der Waals surface area contributed by atoms with Gasteiger partial charge in [0.25, 0.3) is 0 Å². The van der Waals surface area contributed by atoms with Gasteiger partial charge in [-0.1, -0.05) is 12.1 Å². The normalized spacial score (nSPS) is 23.6. The van der Waals surface area contributed by atoms with Gasteiger partial charge in [0.15, 0.2) is 0 Å². The van der Waals surface area contributed by atoms with Crippen molar-refractivity contribution in [1.29, 1.82) is 0 Å². The maximum Gasteiger partial charge on any atom is 0.0622 e. The largest absolute Gasteiger partial charge is 0.377 e. The van der Waals surface area contributed by atoms with Crippen molar-refractivity contribution >= 4 is 0 Å². The molecule has 0 bridgehead atoms. The molecular formula is C20H25N3O. The summed E-state index contributed by atoms with van der Waals surface area (Å²) in [5.74, 6) is 0. The summed E-state index contributed by atoms with van der Waals surface area (Å²) >= 11 is 0. The second kappa shape index (κ2) is 6.99. The SMILES string of the molecule is c1ccc(CN2CCC3(CC2)CO[C@@H](Cc2cccnc2)C3)nc1. The summed E-state index contributed by atoms with van der Waals surface area (Å²) in [6.07, 6.45) is 10.7. The summed E-state index contributed by atoms with van der Waals surface area (Å²) in [5, 5.41) is 0. The highest BCUT2D eigenvalue weighted by molar-refractivity contribution is 5.11. The van der Waals surface area contributed by atoms with Crippen molar-refractivity contribution < 1.29 is 4.74 Å². The molecule has 1 atom stereocenters. The summed E-state index contributed by atoms with van der Waals surface area (Å²) in [6, 6.07) is 10.3. The molecule has 0 aliphatic carbocycles. The molecule has 4 heterocycles. The third-order valence-corrected chi connectivity index (χ3v) is 5.50. The quantitative estimate of drug-likeness (QED) is 0.867. The van der Waals surface area contributed by atoms with E-state index in [1.807, 2.05) is 30.7 Å². The Morgan fingerprint density at radius 2 is 2.04 bits per heavy atom. The zero-order valence-corrected chi connectivity index (χ0v) is 14.1. The van der Waals surface area contributed by atoms with Crippen molar-refractivity contribution in [2.45, 2.75) is 38.3 Å². The monoisotopic (exact) mass is 323 g/mol. The van der Waals surface area contributed by atoms with Gasteiger partial charge in [-0.25, -0.2) is 0 Å². The second-order valence-corrected chi connectivity index (χ2v) is 7.30. The summed E-state index contributed by atoms with van der Waals surface area (Å²) in [5.41, 5.74) is 2.85. The van der Waals surface area contributed by atoms with E-state index in [4.69, 9.17) is 4.74 Å². The standard InChI is InChI=1S/C20H25N3O/c1-2-9-22-18(5-1)15-23-10-6-20(7-11-23)13-19(24-16-20)12-17-4-3-8-21-14-17/h1-5,8-9,14,19H,6-7,10-13,15-16H2/t19-/m0/s1. The van der Waals surface area contributed by atoms with Crippen LogP contribution in [-0.2, 0) is 17.7 Å². The van der Waals surface area contributed by atoms with E-state index in [9.17, 15) is 0 Å². The van der Waals surface area contributed by atoms with Gasteiger partial charge in [0.05, 0.1) is 18.4 Å². The van der Waals surface area contributed by atoms with E-state index in [-0.39, 0.29) is 0 Å². The second-order valence-electron chi connectivity index (χ2n) is 7.30. The molecule has 0 N–H and O–H groups in total. The average molecular weight is 323 g/mol. The van der Waals surface area contributed by atoms with Gasteiger partial charge in [0, 0.05) is 31.6 Å². The average Bonchev–Trinajstić information content (AvgIpc) is 3.01. The highest BCUT2D eigenvalue weighted by atomic mass is 16.5. The number of ether oxygens (including phenoxy) is 1. The van der Waals surface area contributed by atoms with Crippen LogP contribution in [0.4, 0.5) is 0 Å². The molecule has 2 aliphatic rings. The third-order valence-electron chi connectivity index (χ3n) is 5.50. The van der Waals surface area contributed by atoms with Crippen LogP contribution in [-0.4, -0.2) is 40.7 Å². The summed E-state index contributed by atoms with van der Waals surface area (Å²) < 4.78 is 6.15. The van der Waals surface area contributed by atoms with Crippen molar-refractivity contribution in [2.75, 3.05) is 19.7 Å². The first-order valence-electron chi connectivity index (χ1n) is 8.94. The summed E-state index contributed by atoms with van der Waals surface area (Å²) in [6.45, 7) is 4.20. The highest BCUT2D eigenvalue weighted by Gasteiger charge is 2.42. The minimum atomic E-state index is 0.358. The van der Waals surface area contributed by atoms with E-state index in [0.29, 0.717) is 11.5 Å². The molecule has 2 aromatic heterocycles. The lowest BCUT2D eigenvalue weighted by molar-refractivity contribution is 0.0628. The zero-order chi connectivity index (χ0) is 16.2. The summed E-state index contributed by atoms with van der Waals surface area (Å²) in [7, 11) is 0. The number of aromatic nitrogens is 2. The number of pyridine rings is 2. The van der Waals surface area contributed by atoms with Crippen LogP contribution in [0.1, 0.15) is 30.5 Å². The molecule has 2 saturated heterocycles. The number of hydrogen-bond acceptors (Lipinski definition) is 4. The van der Waals surface area contributed by atoms with E-state index in [2.05, 4.69) is 33.1 Å². The Bertz CT molecular complexity index is 638. The molecule has 4 rings (SSSR count). The Labute approximate surface area is 143 Å². The first kappa shape index (κ1) is 15.7. The van der Waals surface area contributed by atoms with Crippen LogP contribution in [0.3, 0.4) is 0 Å². The molecule has 4 nitrogen and oxygen atoms in total. The summed E-state index contributed by atoms with van der Waals surface area (Å²) in [4.78, 5) is 11.2. The Hall–Kier alpha value is -1.78. The van der Waals surface area contributed by atoms with Gasteiger partial charge in [0.1, 0.15) is 0 Å². The van der Waals surface area contributed by atoms with Gasteiger partial charge in [-0.15, -0.1) is 0 Å². The first-order chi connectivity index (χ1) is 11.8. The zero-order valence-electron chi connectivity index (χ0n) is 14.1. The Balaban J connectivity index is 1.29. The molecule has 2 aliphatic heterocycles. The smallest absolute Gasteiger partial charge is 0.0622 e. The predicted octanol–water partition coefficient (Wildman–Crippen LogP) is 3.09. The van der Waals surface area contributed by atoms with Gasteiger partial charge in [-0.05, 0) is 61.5 Å². The van der Waals surface area contributed by atoms with Crippen LogP contribution >= 0.6 is 0 Å². The van der Waals surface area contributed by atoms with Crippen molar-refractivity contribution in [2.24, 2.45) is 5.41 Å². The van der Waals surface area contributed by atoms with E-state index in [1.165, 1.54) is 30.5 Å². The fraction of sp³-hybridized carbons (Fsp3) is 0.500.